The summed E-state index contributed by atoms with van der Waals surface area (Å²) in [6.07, 6.45) is 6.89. The fourth-order valence-corrected chi connectivity index (χ4v) is 2.96. The van der Waals surface area contributed by atoms with Gasteiger partial charge in [0.1, 0.15) is 11.3 Å². The summed E-state index contributed by atoms with van der Waals surface area (Å²) in [5, 5.41) is 7.52. The van der Waals surface area contributed by atoms with Crippen molar-refractivity contribution in [3.8, 4) is 0 Å². The molecular weight excluding hydrogens is 316 g/mol. The predicted octanol–water partition coefficient (Wildman–Crippen LogP) is 2.60. The zero-order chi connectivity index (χ0) is 16.2. The van der Waals surface area contributed by atoms with E-state index in [2.05, 4.69) is 15.4 Å². The number of aryl methyl sites for hydroxylation is 1. The summed E-state index contributed by atoms with van der Waals surface area (Å²) >= 11 is 6.00. The molecule has 2 aromatic rings. The minimum Gasteiger partial charge on any atom is -0.371 e. The summed E-state index contributed by atoms with van der Waals surface area (Å²) in [4.78, 5) is 16.4. The zero-order valence-corrected chi connectivity index (χ0v) is 13.7. The predicted molar refractivity (Wildman–Crippen MR) is 86.3 cm³/mol. The average Bonchev–Trinajstić information content (AvgIpc) is 3.04. The molecule has 122 valence electrons. The van der Waals surface area contributed by atoms with E-state index in [1.54, 1.807) is 24.5 Å². The number of amides is 1. The Morgan fingerprint density at radius 3 is 3.17 bits per heavy atom. The topological polar surface area (TPSA) is 69.0 Å². The molecule has 3 rings (SSSR count). The Kier molecular flexibility index (Phi) is 4.93. The molecule has 1 aliphatic heterocycles. The van der Waals surface area contributed by atoms with Crippen molar-refractivity contribution >= 4 is 17.5 Å². The number of carbonyl (C=O) groups is 1. The highest BCUT2D eigenvalue weighted by Gasteiger charge is 2.30. The van der Waals surface area contributed by atoms with Gasteiger partial charge in [0.25, 0.3) is 5.91 Å². The first kappa shape index (κ1) is 16.0. The van der Waals surface area contributed by atoms with Gasteiger partial charge in [0.15, 0.2) is 0 Å². The number of carbonyl (C=O) groups excluding carboxylic acids is 1. The van der Waals surface area contributed by atoms with E-state index in [9.17, 15) is 4.79 Å². The Morgan fingerprint density at radius 1 is 1.57 bits per heavy atom. The van der Waals surface area contributed by atoms with Crippen molar-refractivity contribution in [1.29, 1.82) is 0 Å². The quantitative estimate of drug-likeness (QED) is 0.873. The maximum atomic E-state index is 12.5. The van der Waals surface area contributed by atoms with Gasteiger partial charge in [-0.05, 0) is 31.9 Å². The SMILES string of the molecule is CCn1cc([C@@H]2OCCC[C@H]2NC(=O)c2cccnc2Cl)cn1. The molecule has 0 aliphatic carbocycles. The van der Waals surface area contributed by atoms with E-state index in [0.717, 1.165) is 24.9 Å². The number of ether oxygens (including phenoxy) is 1. The smallest absolute Gasteiger partial charge is 0.254 e. The Labute approximate surface area is 139 Å². The molecule has 23 heavy (non-hydrogen) atoms. The monoisotopic (exact) mass is 334 g/mol. The fraction of sp³-hybridized carbons (Fsp3) is 0.438. The van der Waals surface area contributed by atoms with Crippen LogP contribution in [0.4, 0.5) is 0 Å². The van der Waals surface area contributed by atoms with Crippen LogP contribution in [0.3, 0.4) is 0 Å². The van der Waals surface area contributed by atoms with Gasteiger partial charge in [-0.25, -0.2) is 4.98 Å². The summed E-state index contributed by atoms with van der Waals surface area (Å²) < 4.78 is 7.74. The van der Waals surface area contributed by atoms with Gasteiger partial charge in [-0.2, -0.15) is 5.10 Å². The second-order valence-corrected chi connectivity index (χ2v) is 5.84. The van der Waals surface area contributed by atoms with E-state index in [4.69, 9.17) is 16.3 Å². The van der Waals surface area contributed by atoms with E-state index < -0.39 is 0 Å². The summed E-state index contributed by atoms with van der Waals surface area (Å²) in [5.74, 6) is -0.230. The molecule has 3 heterocycles. The molecule has 7 heteroatoms. The van der Waals surface area contributed by atoms with Crippen LogP contribution >= 0.6 is 11.6 Å². The first-order valence-corrected chi connectivity index (χ1v) is 8.12. The first-order valence-electron chi connectivity index (χ1n) is 7.74. The minimum absolute atomic E-state index is 0.109. The molecule has 0 unspecified atom stereocenters. The molecular formula is C16H19ClN4O2. The lowest BCUT2D eigenvalue weighted by Crippen LogP contribution is -2.42. The molecule has 1 N–H and O–H groups in total. The van der Waals surface area contributed by atoms with Crippen molar-refractivity contribution in [2.24, 2.45) is 0 Å². The van der Waals surface area contributed by atoms with Crippen LogP contribution in [-0.2, 0) is 11.3 Å². The number of hydrogen-bond acceptors (Lipinski definition) is 4. The first-order chi connectivity index (χ1) is 11.2. The van der Waals surface area contributed by atoms with Gasteiger partial charge in [-0.15, -0.1) is 0 Å². The van der Waals surface area contributed by atoms with Gasteiger partial charge in [0.05, 0.1) is 17.8 Å². The van der Waals surface area contributed by atoms with Crippen molar-refractivity contribution in [3.05, 3.63) is 47.0 Å². The van der Waals surface area contributed by atoms with Gasteiger partial charge in [-0.1, -0.05) is 11.6 Å². The molecule has 1 fully saturated rings. The molecule has 0 bridgehead atoms. The van der Waals surface area contributed by atoms with Crippen LogP contribution in [0.5, 0.6) is 0 Å². The van der Waals surface area contributed by atoms with Gasteiger partial charge in [0.2, 0.25) is 0 Å². The molecule has 2 aromatic heterocycles. The number of halogens is 1. The van der Waals surface area contributed by atoms with Gasteiger partial charge >= 0.3 is 0 Å². The lowest BCUT2D eigenvalue weighted by atomic mass is 9.98. The summed E-state index contributed by atoms with van der Waals surface area (Å²) in [5.41, 5.74) is 1.36. The summed E-state index contributed by atoms with van der Waals surface area (Å²) in [6, 6.07) is 3.25. The Bertz CT molecular complexity index is 688. The number of aromatic nitrogens is 3. The number of nitrogens with one attached hydrogen (secondary N) is 1. The van der Waals surface area contributed by atoms with Crippen molar-refractivity contribution in [2.75, 3.05) is 6.61 Å². The maximum absolute atomic E-state index is 12.5. The molecule has 1 aliphatic rings. The Hall–Kier alpha value is -1.92. The van der Waals surface area contributed by atoms with Gasteiger partial charge in [0, 0.05) is 31.1 Å². The fourth-order valence-electron chi connectivity index (χ4n) is 2.76. The molecule has 1 amide bonds. The lowest BCUT2D eigenvalue weighted by Gasteiger charge is -2.31. The van der Waals surface area contributed by atoms with Gasteiger partial charge in [-0.3, -0.25) is 9.48 Å². The third-order valence-corrected chi connectivity index (χ3v) is 4.25. The zero-order valence-electron chi connectivity index (χ0n) is 12.9. The highest BCUT2D eigenvalue weighted by atomic mass is 35.5. The molecule has 1 saturated heterocycles. The Morgan fingerprint density at radius 2 is 2.43 bits per heavy atom. The molecule has 2 atom stereocenters. The summed E-state index contributed by atoms with van der Waals surface area (Å²) in [6.45, 7) is 3.51. The highest BCUT2D eigenvalue weighted by Crippen LogP contribution is 2.28. The van der Waals surface area contributed by atoms with Crippen molar-refractivity contribution in [3.63, 3.8) is 0 Å². The number of hydrogen-bond donors (Lipinski definition) is 1. The van der Waals surface area contributed by atoms with Crippen LogP contribution < -0.4 is 5.32 Å². The van der Waals surface area contributed by atoms with Crippen LogP contribution in [0.1, 0.15) is 41.8 Å². The normalized spacial score (nSPS) is 21.1. The molecule has 0 radical (unpaired) electrons. The van der Waals surface area contributed by atoms with Crippen LogP contribution in [0.2, 0.25) is 5.15 Å². The van der Waals surface area contributed by atoms with Crippen LogP contribution in [0.15, 0.2) is 30.7 Å². The van der Waals surface area contributed by atoms with Crippen LogP contribution in [0, 0.1) is 0 Å². The third kappa shape index (κ3) is 3.54. The van der Waals surface area contributed by atoms with E-state index in [1.165, 1.54) is 0 Å². The van der Waals surface area contributed by atoms with Crippen molar-refractivity contribution in [1.82, 2.24) is 20.1 Å². The maximum Gasteiger partial charge on any atom is 0.254 e. The molecule has 0 saturated carbocycles. The largest absolute Gasteiger partial charge is 0.371 e. The average molecular weight is 335 g/mol. The third-order valence-electron chi connectivity index (χ3n) is 3.95. The standard InChI is InChI=1S/C16H19ClN4O2/c1-2-21-10-11(9-19-21)14-13(6-4-8-23-14)20-16(22)12-5-3-7-18-15(12)17/h3,5,7,9-10,13-14H,2,4,6,8H2,1H3,(H,20,22)/t13-,14+/m1/s1. The molecule has 6 nitrogen and oxygen atoms in total. The second kappa shape index (κ2) is 7.10. The van der Waals surface area contributed by atoms with E-state index in [0.29, 0.717) is 12.2 Å². The van der Waals surface area contributed by atoms with Crippen LogP contribution in [0.25, 0.3) is 0 Å². The van der Waals surface area contributed by atoms with Crippen molar-refractivity contribution < 1.29 is 9.53 Å². The highest BCUT2D eigenvalue weighted by molar-refractivity contribution is 6.32. The van der Waals surface area contributed by atoms with Crippen molar-refractivity contribution in [2.45, 2.75) is 38.5 Å². The Balaban J connectivity index is 1.76. The summed E-state index contributed by atoms with van der Waals surface area (Å²) in [7, 11) is 0. The second-order valence-electron chi connectivity index (χ2n) is 5.48. The number of pyridine rings is 1. The van der Waals surface area contributed by atoms with E-state index in [-0.39, 0.29) is 23.2 Å². The van der Waals surface area contributed by atoms with Gasteiger partial charge < -0.3 is 10.1 Å². The van der Waals surface area contributed by atoms with E-state index >= 15 is 0 Å². The number of nitrogens with zero attached hydrogens (tertiary/aromatic N) is 3. The van der Waals surface area contributed by atoms with E-state index in [1.807, 2.05) is 17.8 Å². The molecule has 0 spiro atoms. The lowest BCUT2D eigenvalue weighted by molar-refractivity contribution is -0.00951. The molecule has 0 aromatic carbocycles. The van der Waals surface area contributed by atoms with Crippen LogP contribution in [-0.4, -0.2) is 33.3 Å². The minimum atomic E-state index is -0.230. The number of rotatable bonds is 4.